The highest BCUT2D eigenvalue weighted by atomic mass is 32.2. The van der Waals surface area contributed by atoms with E-state index in [0.717, 1.165) is 17.3 Å². The summed E-state index contributed by atoms with van der Waals surface area (Å²) in [5.74, 6) is -0.559. The van der Waals surface area contributed by atoms with Crippen molar-refractivity contribution in [2.75, 3.05) is 20.8 Å². The van der Waals surface area contributed by atoms with Gasteiger partial charge in [-0.25, -0.2) is 9.79 Å². The first-order valence-corrected chi connectivity index (χ1v) is 10.3. The second-order valence-corrected chi connectivity index (χ2v) is 7.61. The highest BCUT2D eigenvalue weighted by Crippen LogP contribution is 2.42. The van der Waals surface area contributed by atoms with Crippen LogP contribution in [0.5, 0.6) is 17.2 Å². The van der Waals surface area contributed by atoms with Gasteiger partial charge in [0.1, 0.15) is 16.4 Å². The summed E-state index contributed by atoms with van der Waals surface area (Å²) in [6.45, 7) is 3.84. The van der Waals surface area contributed by atoms with Crippen molar-refractivity contribution < 1.29 is 29.2 Å². The zero-order valence-corrected chi connectivity index (χ0v) is 18.4. The third-order valence-electron chi connectivity index (χ3n) is 4.43. The fourth-order valence-corrected chi connectivity index (χ4v) is 3.91. The average molecular weight is 442 g/mol. The van der Waals surface area contributed by atoms with Gasteiger partial charge in [0.05, 0.1) is 31.4 Å². The second-order valence-electron chi connectivity index (χ2n) is 6.58. The molecule has 0 saturated heterocycles. The van der Waals surface area contributed by atoms with E-state index < -0.39 is 5.97 Å². The monoisotopic (exact) mass is 441 g/mol. The van der Waals surface area contributed by atoms with E-state index in [-0.39, 0.29) is 35.2 Å². The fraction of sp³-hybridized carbons (Fsp3) is 0.217. The summed E-state index contributed by atoms with van der Waals surface area (Å²) in [6.07, 6.45) is 1.65. The molecule has 0 amide bonds. The van der Waals surface area contributed by atoms with Crippen LogP contribution < -0.4 is 9.47 Å². The van der Waals surface area contributed by atoms with Crippen LogP contribution in [0.15, 0.2) is 57.6 Å². The molecule has 8 heteroatoms. The van der Waals surface area contributed by atoms with Gasteiger partial charge in [0, 0.05) is 0 Å². The van der Waals surface area contributed by atoms with Gasteiger partial charge in [0.25, 0.3) is 0 Å². The maximum atomic E-state index is 12.5. The Morgan fingerprint density at radius 2 is 1.71 bits per heavy atom. The van der Waals surface area contributed by atoms with Crippen LogP contribution >= 0.6 is 11.8 Å². The van der Waals surface area contributed by atoms with Crippen LogP contribution in [0, 0.1) is 6.92 Å². The zero-order chi connectivity index (χ0) is 22.5. The van der Waals surface area contributed by atoms with Crippen LogP contribution in [0.25, 0.3) is 6.08 Å². The molecule has 0 fully saturated rings. The highest BCUT2D eigenvalue weighted by Gasteiger charge is 2.33. The third kappa shape index (κ3) is 4.86. The average Bonchev–Trinajstić information content (AvgIpc) is 3.05. The van der Waals surface area contributed by atoms with Crippen LogP contribution in [0.4, 0.5) is 5.69 Å². The molecule has 0 saturated carbocycles. The van der Waals surface area contributed by atoms with Crippen molar-refractivity contribution in [2.24, 2.45) is 4.99 Å². The minimum atomic E-state index is -0.650. The largest absolute Gasteiger partial charge is 0.506 e. The number of nitrogens with zero attached hydrogens (tertiary/aromatic N) is 1. The number of carbonyl (C=O) groups excluding carboxylic acids is 1. The van der Waals surface area contributed by atoms with E-state index in [9.17, 15) is 15.0 Å². The summed E-state index contributed by atoms with van der Waals surface area (Å²) in [5, 5.41) is 21.3. The number of carbonyl (C=O) groups is 1. The standard InChI is InChI=1S/C23H23NO6S/c1-5-30-23(27)19-21(26)18(31-22(19)24-15-8-6-13(2)7-9-15)12-14-10-16(28-3)20(25)17(11-14)29-4/h6-12,25-26H,5H2,1-4H3/b18-12+,24-22?. The fourth-order valence-electron chi connectivity index (χ4n) is 2.88. The van der Waals surface area contributed by atoms with Crippen molar-refractivity contribution in [3.05, 3.63) is 63.8 Å². The maximum absolute atomic E-state index is 12.5. The number of hydrogen-bond donors (Lipinski definition) is 2. The number of aliphatic hydroxyl groups excluding tert-OH is 1. The Morgan fingerprint density at radius 1 is 1.10 bits per heavy atom. The third-order valence-corrected chi connectivity index (χ3v) is 5.45. The Kier molecular flexibility index (Phi) is 6.91. The van der Waals surface area contributed by atoms with E-state index in [0.29, 0.717) is 21.2 Å². The lowest BCUT2D eigenvalue weighted by atomic mass is 10.1. The first kappa shape index (κ1) is 22.3. The predicted octanol–water partition coefficient (Wildman–Crippen LogP) is 4.91. The van der Waals surface area contributed by atoms with Crippen molar-refractivity contribution in [3.8, 4) is 17.2 Å². The topological polar surface area (TPSA) is 97.6 Å². The van der Waals surface area contributed by atoms with E-state index in [4.69, 9.17) is 14.2 Å². The lowest BCUT2D eigenvalue weighted by Crippen LogP contribution is -2.12. The molecule has 0 unspecified atom stereocenters. The molecule has 0 atom stereocenters. The van der Waals surface area contributed by atoms with Crippen LogP contribution in [0.2, 0.25) is 0 Å². The molecule has 0 radical (unpaired) electrons. The van der Waals surface area contributed by atoms with Crippen LogP contribution in [-0.2, 0) is 9.53 Å². The summed E-state index contributed by atoms with van der Waals surface area (Å²) in [6, 6.07) is 10.7. The van der Waals surface area contributed by atoms with Crippen molar-refractivity contribution in [3.63, 3.8) is 0 Å². The minimum absolute atomic E-state index is 0.0105. The van der Waals surface area contributed by atoms with Crippen molar-refractivity contribution in [1.29, 1.82) is 0 Å². The summed E-state index contributed by atoms with van der Waals surface area (Å²) >= 11 is 1.15. The number of aryl methyl sites for hydroxylation is 1. The smallest absolute Gasteiger partial charge is 0.344 e. The summed E-state index contributed by atoms with van der Waals surface area (Å²) in [7, 11) is 2.86. The first-order chi connectivity index (χ1) is 14.9. The Labute approximate surface area is 184 Å². The summed E-state index contributed by atoms with van der Waals surface area (Å²) in [5.41, 5.74) is 2.34. The van der Waals surface area contributed by atoms with Gasteiger partial charge >= 0.3 is 5.97 Å². The van der Waals surface area contributed by atoms with Crippen LogP contribution in [0.3, 0.4) is 0 Å². The number of hydrogen-bond acceptors (Lipinski definition) is 8. The molecule has 0 aliphatic carbocycles. The first-order valence-electron chi connectivity index (χ1n) is 9.48. The Hall–Kier alpha value is -3.39. The van der Waals surface area contributed by atoms with Crippen molar-refractivity contribution in [1.82, 2.24) is 0 Å². The highest BCUT2D eigenvalue weighted by molar-refractivity contribution is 8.18. The molecule has 0 bridgehead atoms. The Bertz CT molecular complexity index is 1060. The zero-order valence-electron chi connectivity index (χ0n) is 17.6. The number of phenolic OH excluding ortho intramolecular Hbond substituents is 1. The Morgan fingerprint density at radius 3 is 2.26 bits per heavy atom. The molecule has 0 aromatic heterocycles. The molecule has 3 rings (SSSR count). The summed E-state index contributed by atoms with van der Waals surface area (Å²) in [4.78, 5) is 17.5. The number of methoxy groups -OCH3 is 2. The quantitative estimate of drug-likeness (QED) is 0.615. The number of aliphatic hydroxyl groups is 1. The van der Waals surface area contributed by atoms with E-state index in [2.05, 4.69) is 4.99 Å². The lowest BCUT2D eigenvalue weighted by molar-refractivity contribution is -0.138. The van der Waals surface area contributed by atoms with Gasteiger partial charge in [-0.1, -0.05) is 29.5 Å². The number of aromatic hydroxyl groups is 1. The SMILES string of the molecule is CCOC(=O)C1=C(O)/C(=C\c2cc(OC)c(O)c(OC)c2)SC1=Nc1ccc(C)cc1. The maximum Gasteiger partial charge on any atom is 0.344 e. The van der Waals surface area contributed by atoms with E-state index in [1.54, 1.807) is 25.1 Å². The number of benzene rings is 2. The van der Waals surface area contributed by atoms with Crippen LogP contribution in [0.1, 0.15) is 18.1 Å². The van der Waals surface area contributed by atoms with Crippen LogP contribution in [-0.4, -0.2) is 42.1 Å². The molecule has 1 aliphatic rings. The van der Waals surface area contributed by atoms with Gasteiger partial charge in [-0.3, -0.25) is 0 Å². The number of thioether (sulfide) groups is 1. The lowest BCUT2D eigenvalue weighted by Gasteiger charge is -2.10. The molecule has 31 heavy (non-hydrogen) atoms. The normalized spacial score (nSPS) is 16.1. The molecule has 1 heterocycles. The molecule has 0 spiro atoms. The number of phenols is 1. The van der Waals surface area contributed by atoms with E-state index in [1.165, 1.54) is 14.2 Å². The number of rotatable bonds is 6. The van der Waals surface area contributed by atoms with Gasteiger partial charge in [0.15, 0.2) is 11.5 Å². The van der Waals surface area contributed by atoms with Gasteiger partial charge in [-0.2, -0.15) is 0 Å². The summed E-state index contributed by atoms with van der Waals surface area (Å²) < 4.78 is 15.5. The van der Waals surface area contributed by atoms with E-state index >= 15 is 0 Å². The van der Waals surface area contributed by atoms with Gasteiger partial charge in [-0.05, 0) is 49.8 Å². The number of aliphatic imine (C=N–C) groups is 1. The molecular formula is C23H23NO6S. The molecule has 7 nitrogen and oxygen atoms in total. The van der Waals surface area contributed by atoms with Gasteiger partial charge in [0.2, 0.25) is 5.75 Å². The van der Waals surface area contributed by atoms with E-state index in [1.807, 2.05) is 31.2 Å². The van der Waals surface area contributed by atoms with Crippen molar-refractivity contribution >= 4 is 34.5 Å². The van der Waals surface area contributed by atoms with Gasteiger partial charge < -0.3 is 24.4 Å². The second kappa shape index (κ2) is 9.61. The Balaban J connectivity index is 2.08. The molecular weight excluding hydrogens is 418 g/mol. The molecule has 2 N–H and O–H groups in total. The van der Waals surface area contributed by atoms with Crippen molar-refractivity contribution in [2.45, 2.75) is 13.8 Å². The predicted molar refractivity (Wildman–Crippen MR) is 121 cm³/mol. The number of ether oxygens (including phenoxy) is 3. The molecule has 2 aromatic rings. The minimum Gasteiger partial charge on any atom is -0.506 e. The number of esters is 1. The van der Waals surface area contributed by atoms with Gasteiger partial charge in [-0.15, -0.1) is 0 Å². The molecule has 2 aromatic carbocycles. The molecule has 162 valence electrons. The molecule has 1 aliphatic heterocycles.